The van der Waals surface area contributed by atoms with E-state index in [4.69, 9.17) is 9.47 Å². The minimum atomic E-state index is -0.100. The van der Waals surface area contributed by atoms with Gasteiger partial charge in [0, 0.05) is 13.7 Å². The van der Waals surface area contributed by atoms with Crippen molar-refractivity contribution >= 4 is 6.47 Å². The number of methoxy groups -OCH3 is 1. The van der Waals surface area contributed by atoms with E-state index < -0.39 is 0 Å². The van der Waals surface area contributed by atoms with Crippen LogP contribution in [0.15, 0.2) is 0 Å². The summed E-state index contributed by atoms with van der Waals surface area (Å²) in [5, 5.41) is 0. The zero-order valence-corrected chi connectivity index (χ0v) is 10.4. The van der Waals surface area contributed by atoms with Gasteiger partial charge >= 0.3 is 6.47 Å². The van der Waals surface area contributed by atoms with Crippen LogP contribution in [0.25, 0.3) is 0 Å². The number of ether oxygens (including phenoxy) is 3. The average molecular weight is 231 g/mol. The lowest BCUT2D eigenvalue weighted by Gasteiger charge is -2.10. The van der Waals surface area contributed by atoms with Gasteiger partial charge in [-0.3, -0.25) is 0 Å². The minimum absolute atomic E-state index is 0.100. The zero-order valence-electron chi connectivity index (χ0n) is 10.4. The van der Waals surface area contributed by atoms with Crippen LogP contribution in [-0.2, 0) is 19.0 Å². The predicted molar refractivity (Wildman–Crippen MR) is 61.8 cm³/mol. The van der Waals surface area contributed by atoms with Gasteiger partial charge in [-0.05, 0) is 19.8 Å². The lowest BCUT2D eigenvalue weighted by molar-refractivity contribution is -0.111. The maximum atomic E-state index is 9.72. The van der Waals surface area contributed by atoms with Gasteiger partial charge in [0.05, 0.1) is 6.61 Å². The van der Waals surface area contributed by atoms with Crippen molar-refractivity contribution in [1.29, 1.82) is 0 Å². The molecule has 4 heteroatoms. The van der Waals surface area contributed by atoms with Crippen LogP contribution in [0.3, 0.4) is 0 Å². The van der Waals surface area contributed by atoms with Gasteiger partial charge in [0.2, 0.25) is 0 Å². The lowest BCUT2D eigenvalue weighted by atomic mass is 10.1. The van der Waals surface area contributed by atoms with Crippen molar-refractivity contribution in [3.8, 4) is 0 Å². The minimum Gasteiger partial charge on any atom is -0.457 e. The van der Waals surface area contributed by atoms with E-state index in [0.717, 1.165) is 25.9 Å². The standard InChI is InChI=1S/C12H23O4/c1-12(14-2)16-10-8-6-4-3-5-7-9-15-11-13/h12H,3-10H2,1-2H3. The maximum absolute atomic E-state index is 9.72. The Morgan fingerprint density at radius 3 is 2.12 bits per heavy atom. The third kappa shape index (κ3) is 11.5. The van der Waals surface area contributed by atoms with Gasteiger partial charge in [0.15, 0.2) is 6.29 Å². The quantitative estimate of drug-likeness (QED) is 0.382. The number of hydrogen-bond donors (Lipinski definition) is 0. The topological polar surface area (TPSA) is 44.8 Å². The van der Waals surface area contributed by atoms with Crippen LogP contribution in [0.2, 0.25) is 0 Å². The van der Waals surface area contributed by atoms with Crippen molar-refractivity contribution in [2.45, 2.75) is 51.7 Å². The van der Waals surface area contributed by atoms with Gasteiger partial charge in [-0.25, -0.2) is 4.79 Å². The van der Waals surface area contributed by atoms with Crippen molar-refractivity contribution in [2.24, 2.45) is 0 Å². The van der Waals surface area contributed by atoms with Gasteiger partial charge in [-0.2, -0.15) is 0 Å². The molecule has 0 aromatic rings. The molecule has 95 valence electrons. The smallest absolute Gasteiger partial charge is 0.417 e. The fraction of sp³-hybridized carbons (Fsp3) is 0.917. The van der Waals surface area contributed by atoms with Crippen molar-refractivity contribution in [1.82, 2.24) is 0 Å². The fourth-order valence-electron chi connectivity index (χ4n) is 1.34. The first-order chi connectivity index (χ1) is 7.81. The summed E-state index contributed by atoms with van der Waals surface area (Å²) in [5.41, 5.74) is 0. The van der Waals surface area contributed by atoms with Crippen LogP contribution in [-0.4, -0.2) is 33.1 Å². The van der Waals surface area contributed by atoms with Crippen molar-refractivity contribution < 1.29 is 19.0 Å². The third-order valence-corrected chi connectivity index (χ3v) is 2.38. The molecule has 0 N–H and O–H groups in total. The Balaban J connectivity index is 2.96. The summed E-state index contributed by atoms with van der Waals surface area (Å²) in [6.07, 6.45) is 6.58. The van der Waals surface area contributed by atoms with Crippen LogP contribution in [0.4, 0.5) is 0 Å². The first-order valence-electron chi connectivity index (χ1n) is 5.94. The molecule has 0 bridgehead atoms. The summed E-state index contributed by atoms with van der Waals surface area (Å²) in [7, 11) is 1.64. The Kier molecular flexibility index (Phi) is 12.0. The Labute approximate surface area is 98.3 Å². The second kappa shape index (κ2) is 12.5. The van der Waals surface area contributed by atoms with Gasteiger partial charge < -0.3 is 14.2 Å². The van der Waals surface area contributed by atoms with E-state index in [2.05, 4.69) is 4.74 Å². The zero-order chi connectivity index (χ0) is 12.1. The van der Waals surface area contributed by atoms with Gasteiger partial charge in [0.25, 0.3) is 0 Å². The molecular weight excluding hydrogens is 208 g/mol. The summed E-state index contributed by atoms with van der Waals surface area (Å²) < 4.78 is 14.8. The number of rotatable bonds is 12. The van der Waals surface area contributed by atoms with Crippen LogP contribution < -0.4 is 0 Å². The van der Waals surface area contributed by atoms with Crippen LogP contribution in [0.5, 0.6) is 0 Å². The van der Waals surface area contributed by atoms with Gasteiger partial charge in [0.1, 0.15) is 0 Å². The monoisotopic (exact) mass is 231 g/mol. The summed E-state index contributed by atoms with van der Waals surface area (Å²) in [5.74, 6) is 0. The highest BCUT2D eigenvalue weighted by Crippen LogP contribution is 2.06. The molecule has 0 rings (SSSR count). The van der Waals surface area contributed by atoms with E-state index in [0.29, 0.717) is 6.61 Å². The van der Waals surface area contributed by atoms with E-state index in [1.807, 2.05) is 6.92 Å². The Hall–Kier alpha value is -0.610. The molecule has 0 saturated heterocycles. The van der Waals surface area contributed by atoms with Crippen molar-refractivity contribution in [3.63, 3.8) is 0 Å². The molecule has 4 nitrogen and oxygen atoms in total. The largest absolute Gasteiger partial charge is 0.457 e. The molecule has 0 heterocycles. The van der Waals surface area contributed by atoms with E-state index in [1.54, 1.807) is 7.11 Å². The SMILES string of the molecule is COC(C)OCCCCCCCCO[C]=O. The van der Waals surface area contributed by atoms with Crippen LogP contribution >= 0.6 is 0 Å². The van der Waals surface area contributed by atoms with E-state index in [-0.39, 0.29) is 6.29 Å². The average Bonchev–Trinajstić information content (AvgIpc) is 2.31. The van der Waals surface area contributed by atoms with Crippen LogP contribution in [0, 0.1) is 0 Å². The molecule has 0 spiro atoms. The summed E-state index contributed by atoms with van der Waals surface area (Å²) >= 11 is 0. The molecule has 0 saturated carbocycles. The Bertz CT molecular complexity index is 150. The second-order valence-corrected chi connectivity index (χ2v) is 3.73. The number of hydrogen-bond acceptors (Lipinski definition) is 4. The molecule has 0 aromatic heterocycles. The van der Waals surface area contributed by atoms with Crippen molar-refractivity contribution in [2.75, 3.05) is 20.3 Å². The first kappa shape index (κ1) is 15.4. The van der Waals surface area contributed by atoms with Crippen molar-refractivity contribution in [3.05, 3.63) is 0 Å². The molecule has 1 radical (unpaired) electrons. The molecule has 0 fully saturated rings. The van der Waals surface area contributed by atoms with Gasteiger partial charge in [-0.1, -0.05) is 25.7 Å². The fourth-order valence-corrected chi connectivity index (χ4v) is 1.34. The van der Waals surface area contributed by atoms with E-state index in [9.17, 15) is 4.79 Å². The number of unbranched alkanes of at least 4 members (excludes halogenated alkanes) is 5. The molecular formula is C12H23O4. The van der Waals surface area contributed by atoms with E-state index in [1.165, 1.54) is 25.7 Å². The molecule has 0 aliphatic rings. The van der Waals surface area contributed by atoms with Crippen LogP contribution in [0.1, 0.15) is 45.4 Å². The first-order valence-corrected chi connectivity index (χ1v) is 5.94. The summed E-state index contributed by atoms with van der Waals surface area (Å²) in [4.78, 5) is 9.72. The molecule has 0 amide bonds. The lowest BCUT2D eigenvalue weighted by Crippen LogP contribution is -2.10. The molecule has 16 heavy (non-hydrogen) atoms. The normalized spacial score (nSPS) is 12.4. The molecule has 0 aliphatic heterocycles. The van der Waals surface area contributed by atoms with Gasteiger partial charge in [-0.15, -0.1) is 0 Å². The predicted octanol–water partition coefficient (Wildman–Crippen LogP) is 2.42. The number of carbonyl (C=O) groups excluding carboxylic acids is 1. The second-order valence-electron chi connectivity index (χ2n) is 3.73. The Morgan fingerprint density at radius 2 is 1.56 bits per heavy atom. The highest BCUT2D eigenvalue weighted by molar-refractivity contribution is 5.37. The molecule has 0 aliphatic carbocycles. The summed E-state index contributed by atoms with van der Waals surface area (Å²) in [6, 6.07) is 0. The Morgan fingerprint density at radius 1 is 1.00 bits per heavy atom. The highest BCUT2D eigenvalue weighted by atomic mass is 16.7. The molecule has 1 unspecified atom stereocenters. The highest BCUT2D eigenvalue weighted by Gasteiger charge is 1.97. The molecule has 0 aromatic carbocycles. The molecule has 1 atom stereocenters. The summed E-state index contributed by atoms with van der Waals surface area (Å²) in [6.45, 7) is 4.58. The van der Waals surface area contributed by atoms with E-state index >= 15 is 0 Å². The third-order valence-electron chi connectivity index (χ3n) is 2.38. The maximum Gasteiger partial charge on any atom is 0.417 e.